The van der Waals surface area contributed by atoms with Crippen molar-refractivity contribution in [3.05, 3.63) is 28.8 Å². The third-order valence-electron chi connectivity index (χ3n) is 5.38. The average Bonchev–Trinajstić information content (AvgIpc) is 3.25. The minimum absolute atomic E-state index is 0.0897. The van der Waals surface area contributed by atoms with Gasteiger partial charge in [-0.05, 0) is 38.7 Å². The van der Waals surface area contributed by atoms with Crippen molar-refractivity contribution in [2.45, 2.75) is 51.7 Å². The highest BCUT2D eigenvalue weighted by Gasteiger charge is 2.29. The highest BCUT2D eigenvalue weighted by Crippen LogP contribution is 2.25. The van der Waals surface area contributed by atoms with E-state index in [-0.39, 0.29) is 23.2 Å². The Morgan fingerprint density at radius 1 is 1.32 bits per heavy atom. The minimum Gasteiger partial charge on any atom is -0.348 e. The van der Waals surface area contributed by atoms with Crippen LogP contribution in [0.3, 0.4) is 0 Å². The van der Waals surface area contributed by atoms with E-state index in [9.17, 15) is 13.2 Å². The molecular weight excluding hydrogens is 396 g/mol. The number of Topliss-reactive ketones (excluding diaryl/α,β-unsaturated/α-hetero) is 1. The predicted molar refractivity (Wildman–Crippen MR) is 111 cm³/mol. The van der Waals surface area contributed by atoms with Crippen molar-refractivity contribution in [3.63, 3.8) is 0 Å². The maximum atomic E-state index is 12.7. The van der Waals surface area contributed by atoms with Gasteiger partial charge in [0.05, 0.1) is 17.3 Å². The summed E-state index contributed by atoms with van der Waals surface area (Å²) in [5.41, 5.74) is 2.91. The number of nitrogens with zero attached hydrogens (tertiary/aromatic N) is 4. The molecule has 0 aromatic carbocycles. The van der Waals surface area contributed by atoms with Crippen LogP contribution < -0.4 is 0 Å². The SMILES string of the molecule is CCCn1c(C)cc(C(=O)CSc2nnc(C[C@@H]3CCS(=O)(=O)C3)n2C)c1C. The van der Waals surface area contributed by atoms with E-state index in [0.717, 1.165) is 35.7 Å². The quantitative estimate of drug-likeness (QED) is 0.478. The highest BCUT2D eigenvalue weighted by molar-refractivity contribution is 7.99. The van der Waals surface area contributed by atoms with E-state index < -0.39 is 9.84 Å². The Morgan fingerprint density at radius 2 is 2.07 bits per heavy atom. The number of thioether (sulfide) groups is 1. The Bertz CT molecular complexity index is 976. The number of sulfone groups is 1. The molecule has 3 rings (SSSR count). The lowest BCUT2D eigenvalue weighted by Gasteiger charge is -2.08. The van der Waals surface area contributed by atoms with Gasteiger partial charge in [-0.15, -0.1) is 10.2 Å². The Hall–Kier alpha value is -1.61. The van der Waals surface area contributed by atoms with Crippen molar-refractivity contribution >= 4 is 27.4 Å². The van der Waals surface area contributed by atoms with Crippen LogP contribution in [-0.2, 0) is 29.9 Å². The van der Waals surface area contributed by atoms with Gasteiger partial charge in [0.25, 0.3) is 0 Å². The number of hydrogen-bond donors (Lipinski definition) is 0. The molecule has 0 radical (unpaired) electrons. The van der Waals surface area contributed by atoms with Crippen LogP contribution in [0, 0.1) is 19.8 Å². The summed E-state index contributed by atoms with van der Waals surface area (Å²) in [5.74, 6) is 1.78. The largest absolute Gasteiger partial charge is 0.348 e. The fourth-order valence-corrected chi connectivity index (χ4v) is 6.47. The molecule has 0 bridgehead atoms. The first kappa shape index (κ1) is 21.1. The van der Waals surface area contributed by atoms with Crippen LogP contribution in [0.4, 0.5) is 0 Å². The summed E-state index contributed by atoms with van der Waals surface area (Å²) in [4.78, 5) is 12.7. The summed E-state index contributed by atoms with van der Waals surface area (Å²) in [6.45, 7) is 7.08. The van der Waals surface area contributed by atoms with Gasteiger partial charge in [-0.25, -0.2) is 8.42 Å². The second-order valence-electron chi connectivity index (χ2n) is 7.58. The van der Waals surface area contributed by atoms with Crippen molar-refractivity contribution in [1.29, 1.82) is 0 Å². The van der Waals surface area contributed by atoms with Crippen molar-refractivity contribution in [2.24, 2.45) is 13.0 Å². The molecule has 0 spiro atoms. The normalized spacial score (nSPS) is 18.6. The van der Waals surface area contributed by atoms with Crippen LogP contribution in [0.15, 0.2) is 11.2 Å². The zero-order valence-corrected chi connectivity index (χ0v) is 18.6. The first-order valence-electron chi connectivity index (χ1n) is 9.63. The smallest absolute Gasteiger partial charge is 0.191 e. The second-order valence-corrected chi connectivity index (χ2v) is 10.8. The third kappa shape index (κ3) is 4.51. The molecule has 3 heterocycles. The Morgan fingerprint density at radius 3 is 2.71 bits per heavy atom. The van der Waals surface area contributed by atoms with Crippen molar-refractivity contribution in [2.75, 3.05) is 17.3 Å². The van der Waals surface area contributed by atoms with Crippen molar-refractivity contribution in [3.8, 4) is 0 Å². The molecule has 1 aliphatic heterocycles. The number of rotatable bonds is 8. The van der Waals surface area contributed by atoms with Gasteiger partial charge < -0.3 is 9.13 Å². The summed E-state index contributed by atoms with van der Waals surface area (Å²) < 4.78 is 27.3. The molecule has 1 aliphatic rings. The van der Waals surface area contributed by atoms with Gasteiger partial charge in [0.1, 0.15) is 5.82 Å². The maximum absolute atomic E-state index is 12.7. The van der Waals surface area contributed by atoms with Crippen LogP contribution in [0.1, 0.15) is 47.3 Å². The number of carbonyl (C=O) groups excluding carboxylic acids is 1. The van der Waals surface area contributed by atoms with Crippen LogP contribution >= 0.6 is 11.8 Å². The molecule has 0 amide bonds. The molecule has 1 saturated heterocycles. The van der Waals surface area contributed by atoms with Gasteiger partial charge in [0.15, 0.2) is 20.8 Å². The molecule has 9 heteroatoms. The molecule has 0 aliphatic carbocycles. The lowest BCUT2D eigenvalue weighted by molar-refractivity contribution is 0.102. The first-order chi connectivity index (χ1) is 13.2. The van der Waals surface area contributed by atoms with E-state index in [1.54, 1.807) is 0 Å². The molecule has 0 saturated carbocycles. The molecule has 1 fully saturated rings. The molecule has 0 N–H and O–H groups in total. The van der Waals surface area contributed by atoms with Gasteiger partial charge in [0.2, 0.25) is 0 Å². The number of ketones is 1. The summed E-state index contributed by atoms with van der Waals surface area (Å²) >= 11 is 1.38. The average molecular weight is 425 g/mol. The zero-order valence-electron chi connectivity index (χ0n) is 16.9. The first-order valence-corrected chi connectivity index (χ1v) is 12.4. The van der Waals surface area contributed by atoms with Crippen molar-refractivity contribution < 1.29 is 13.2 Å². The predicted octanol–water partition coefficient (Wildman–Crippen LogP) is 2.60. The third-order valence-corrected chi connectivity index (χ3v) is 8.23. The second kappa shape index (κ2) is 8.41. The van der Waals surface area contributed by atoms with E-state index in [0.29, 0.717) is 23.8 Å². The molecular formula is C19H28N4O3S2. The molecule has 28 heavy (non-hydrogen) atoms. The van der Waals surface area contributed by atoms with Crippen molar-refractivity contribution in [1.82, 2.24) is 19.3 Å². The summed E-state index contributed by atoms with van der Waals surface area (Å²) in [5, 5.41) is 9.11. The van der Waals surface area contributed by atoms with Crippen LogP contribution in [-0.4, -0.2) is 50.8 Å². The molecule has 2 aromatic rings. The number of aryl methyl sites for hydroxylation is 1. The molecule has 7 nitrogen and oxygen atoms in total. The zero-order chi connectivity index (χ0) is 20.5. The van der Waals surface area contributed by atoms with E-state index in [2.05, 4.69) is 21.7 Å². The van der Waals surface area contributed by atoms with Gasteiger partial charge in [-0.3, -0.25) is 4.79 Å². The molecule has 2 aromatic heterocycles. The maximum Gasteiger partial charge on any atom is 0.191 e. The van der Waals surface area contributed by atoms with E-state index in [1.807, 2.05) is 31.5 Å². The minimum atomic E-state index is -2.89. The van der Waals surface area contributed by atoms with Crippen LogP contribution in [0.25, 0.3) is 0 Å². The van der Waals surface area contributed by atoms with E-state index in [4.69, 9.17) is 0 Å². The van der Waals surface area contributed by atoms with E-state index >= 15 is 0 Å². The number of carbonyl (C=O) groups is 1. The molecule has 0 unspecified atom stereocenters. The lowest BCUT2D eigenvalue weighted by atomic mass is 10.1. The highest BCUT2D eigenvalue weighted by atomic mass is 32.2. The van der Waals surface area contributed by atoms with Gasteiger partial charge in [-0.2, -0.15) is 0 Å². The Labute approximate surface area is 170 Å². The lowest BCUT2D eigenvalue weighted by Crippen LogP contribution is -2.11. The summed E-state index contributed by atoms with van der Waals surface area (Å²) in [6, 6.07) is 1.97. The van der Waals surface area contributed by atoms with Gasteiger partial charge in [0, 0.05) is 37.0 Å². The van der Waals surface area contributed by atoms with Gasteiger partial charge in [-0.1, -0.05) is 18.7 Å². The summed E-state index contributed by atoms with van der Waals surface area (Å²) in [7, 11) is -1.02. The Kier molecular flexibility index (Phi) is 6.34. The molecule has 154 valence electrons. The number of aromatic nitrogens is 4. The topological polar surface area (TPSA) is 86.8 Å². The van der Waals surface area contributed by atoms with Gasteiger partial charge >= 0.3 is 0 Å². The fraction of sp³-hybridized carbons (Fsp3) is 0.632. The standard InChI is InChI=1S/C19H28N4O3S2/c1-5-7-23-13(2)9-16(14(23)3)17(24)11-27-19-21-20-18(22(19)4)10-15-6-8-28(25,26)12-15/h9,15H,5-8,10-12H2,1-4H3/t15-/m0/s1. The van der Waals surface area contributed by atoms with E-state index in [1.165, 1.54) is 11.8 Å². The summed E-state index contributed by atoms with van der Waals surface area (Å²) in [6.07, 6.45) is 2.32. The fourth-order valence-electron chi connectivity index (χ4n) is 3.80. The monoisotopic (exact) mass is 424 g/mol. The molecule has 1 atom stereocenters. The Balaban J connectivity index is 1.63. The van der Waals surface area contributed by atoms with Crippen LogP contribution in [0.2, 0.25) is 0 Å². The number of hydrogen-bond acceptors (Lipinski definition) is 6. The van der Waals surface area contributed by atoms with Crippen LogP contribution in [0.5, 0.6) is 0 Å².